The lowest BCUT2D eigenvalue weighted by Gasteiger charge is -2.35. The fraction of sp³-hybridized carbons (Fsp3) is 0.286. The van der Waals surface area contributed by atoms with Gasteiger partial charge in [0, 0.05) is 5.56 Å². The predicted octanol–water partition coefficient (Wildman–Crippen LogP) is 5.36. The van der Waals surface area contributed by atoms with Gasteiger partial charge in [0.1, 0.15) is 11.5 Å². The smallest absolute Gasteiger partial charge is 0.321 e. The predicted molar refractivity (Wildman–Crippen MR) is 129 cm³/mol. The minimum Gasteiger partial charge on any atom is -0.497 e. The van der Waals surface area contributed by atoms with Gasteiger partial charge in [-0.05, 0) is 60.4 Å². The highest BCUT2D eigenvalue weighted by Gasteiger charge is 2.43. The normalized spacial score (nSPS) is 14.7. The summed E-state index contributed by atoms with van der Waals surface area (Å²) in [4.78, 5) is 31.2. The first-order valence-corrected chi connectivity index (χ1v) is 11.5. The van der Waals surface area contributed by atoms with Gasteiger partial charge >= 0.3 is 5.97 Å². The zero-order valence-electron chi connectivity index (χ0n) is 19.3. The van der Waals surface area contributed by atoms with Crippen LogP contribution in [0.15, 0.2) is 78.9 Å². The van der Waals surface area contributed by atoms with Crippen LogP contribution in [-0.2, 0) is 21.7 Å². The van der Waals surface area contributed by atoms with Gasteiger partial charge in [0.05, 0.1) is 19.1 Å². The molecule has 0 unspecified atom stereocenters. The van der Waals surface area contributed by atoms with Crippen LogP contribution in [0.25, 0.3) is 0 Å². The summed E-state index contributed by atoms with van der Waals surface area (Å²) < 4.78 is 11.0. The van der Waals surface area contributed by atoms with Crippen molar-refractivity contribution in [1.82, 2.24) is 5.48 Å². The Labute approximate surface area is 199 Å². The fourth-order valence-corrected chi connectivity index (χ4v) is 4.37. The molecule has 6 nitrogen and oxygen atoms in total. The Morgan fingerprint density at radius 1 is 0.824 bits per heavy atom. The van der Waals surface area contributed by atoms with E-state index in [1.54, 1.807) is 43.5 Å². The van der Waals surface area contributed by atoms with Crippen LogP contribution in [0.1, 0.15) is 53.6 Å². The molecular formula is C28H29NO5. The summed E-state index contributed by atoms with van der Waals surface area (Å²) in [5, 5.41) is 0. The van der Waals surface area contributed by atoms with Crippen LogP contribution < -0.4 is 15.0 Å². The van der Waals surface area contributed by atoms with Crippen molar-refractivity contribution < 1.29 is 23.9 Å². The van der Waals surface area contributed by atoms with E-state index >= 15 is 0 Å². The first kappa shape index (κ1) is 23.5. The van der Waals surface area contributed by atoms with Crippen LogP contribution >= 0.6 is 0 Å². The van der Waals surface area contributed by atoms with Gasteiger partial charge in [-0.25, -0.2) is 5.48 Å². The molecule has 1 saturated carbocycles. The fourth-order valence-electron chi connectivity index (χ4n) is 4.37. The average Bonchev–Trinajstić information content (AvgIpc) is 2.90. The molecule has 3 aromatic carbocycles. The average molecular weight is 460 g/mol. The maximum atomic E-state index is 13.4. The molecule has 0 aliphatic heterocycles. The van der Waals surface area contributed by atoms with Gasteiger partial charge in [-0.15, -0.1) is 0 Å². The number of amides is 1. The second-order valence-corrected chi connectivity index (χ2v) is 8.49. The number of rotatable bonds is 8. The number of carbonyl (C=O) groups excluding carboxylic acids is 2. The van der Waals surface area contributed by atoms with Crippen molar-refractivity contribution in [3.63, 3.8) is 0 Å². The highest BCUT2D eigenvalue weighted by Crippen LogP contribution is 2.41. The molecule has 1 aliphatic rings. The maximum Gasteiger partial charge on any atom is 0.321 e. The SMILES string of the molecule is COc1ccc(OC(=O)C2(c3ccc(C(=O)NOCc4ccccc4)cc3)CCCCC2)cc1. The molecule has 34 heavy (non-hydrogen) atoms. The quantitative estimate of drug-likeness (QED) is 0.279. The lowest BCUT2D eigenvalue weighted by atomic mass is 9.69. The Morgan fingerprint density at radius 3 is 2.12 bits per heavy atom. The number of benzene rings is 3. The summed E-state index contributed by atoms with van der Waals surface area (Å²) in [6, 6.07) is 23.8. The van der Waals surface area contributed by atoms with Gasteiger partial charge in [-0.1, -0.05) is 61.7 Å². The summed E-state index contributed by atoms with van der Waals surface area (Å²) in [6.07, 6.45) is 4.43. The zero-order valence-corrected chi connectivity index (χ0v) is 19.3. The maximum absolute atomic E-state index is 13.4. The highest BCUT2D eigenvalue weighted by molar-refractivity contribution is 5.94. The van der Waals surface area contributed by atoms with E-state index in [4.69, 9.17) is 14.3 Å². The number of carbonyl (C=O) groups is 2. The lowest BCUT2D eigenvalue weighted by molar-refractivity contribution is -0.142. The van der Waals surface area contributed by atoms with Gasteiger partial charge < -0.3 is 9.47 Å². The molecule has 0 radical (unpaired) electrons. The number of nitrogens with one attached hydrogen (secondary N) is 1. The molecule has 0 heterocycles. The van der Waals surface area contributed by atoms with Crippen molar-refractivity contribution in [2.45, 2.75) is 44.1 Å². The van der Waals surface area contributed by atoms with Gasteiger partial charge in [-0.3, -0.25) is 14.4 Å². The topological polar surface area (TPSA) is 73.9 Å². The van der Waals surface area contributed by atoms with Crippen molar-refractivity contribution in [1.29, 1.82) is 0 Å². The Kier molecular flexibility index (Phi) is 7.60. The molecule has 0 atom stereocenters. The highest BCUT2D eigenvalue weighted by atomic mass is 16.6. The Bertz CT molecular complexity index is 1090. The first-order valence-electron chi connectivity index (χ1n) is 11.5. The van der Waals surface area contributed by atoms with E-state index in [1.165, 1.54) is 0 Å². The minimum absolute atomic E-state index is 0.263. The van der Waals surface area contributed by atoms with Crippen molar-refractivity contribution >= 4 is 11.9 Å². The molecule has 0 bridgehead atoms. The third-order valence-corrected chi connectivity index (χ3v) is 6.31. The minimum atomic E-state index is -0.725. The summed E-state index contributed by atoms with van der Waals surface area (Å²) in [6.45, 7) is 0.283. The number of methoxy groups -OCH3 is 1. The number of hydrogen-bond donors (Lipinski definition) is 1. The largest absolute Gasteiger partial charge is 0.497 e. The first-order chi connectivity index (χ1) is 16.6. The molecule has 1 amide bonds. The van der Waals surface area contributed by atoms with Crippen LogP contribution in [-0.4, -0.2) is 19.0 Å². The Hall–Kier alpha value is -3.64. The van der Waals surface area contributed by atoms with E-state index in [-0.39, 0.29) is 18.5 Å². The van der Waals surface area contributed by atoms with Crippen molar-refractivity contribution in [3.8, 4) is 11.5 Å². The standard InChI is InChI=1S/C28H29NO5/c1-32-24-14-16-25(17-15-24)34-27(31)28(18-6-3-7-19-28)23-12-10-22(11-13-23)26(30)29-33-20-21-8-4-2-5-9-21/h2,4-5,8-17H,3,6-7,18-20H2,1H3,(H,29,30). The molecule has 0 saturated heterocycles. The third-order valence-electron chi connectivity index (χ3n) is 6.31. The summed E-state index contributed by atoms with van der Waals surface area (Å²) in [5.74, 6) is 0.595. The van der Waals surface area contributed by atoms with Crippen LogP contribution in [0.4, 0.5) is 0 Å². The van der Waals surface area contributed by atoms with Gasteiger partial charge in [-0.2, -0.15) is 0 Å². The van der Waals surface area contributed by atoms with Crippen molar-refractivity contribution in [3.05, 3.63) is 95.6 Å². The molecule has 1 aliphatic carbocycles. The zero-order chi connectivity index (χ0) is 23.8. The summed E-state index contributed by atoms with van der Waals surface area (Å²) >= 11 is 0. The van der Waals surface area contributed by atoms with Gasteiger partial charge in [0.2, 0.25) is 0 Å². The molecule has 1 N–H and O–H groups in total. The molecule has 1 fully saturated rings. The van der Waals surface area contributed by atoms with Crippen LogP contribution in [0.2, 0.25) is 0 Å². The molecule has 0 spiro atoms. The van der Waals surface area contributed by atoms with Crippen LogP contribution in [0, 0.1) is 0 Å². The second kappa shape index (κ2) is 11.0. The van der Waals surface area contributed by atoms with Crippen LogP contribution in [0.5, 0.6) is 11.5 Å². The van der Waals surface area contributed by atoms with Crippen molar-refractivity contribution in [2.75, 3.05) is 7.11 Å². The number of hydroxylamine groups is 1. The molecule has 6 heteroatoms. The summed E-state index contributed by atoms with van der Waals surface area (Å²) in [7, 11) is 1.59. The lowest BCUT2D eigenvalue weighted by Crippen LogP contribution is -2.41. The Morgan fingerprint density at radius 2 is 1.47 bits per heavy atom. The van der Waals surface area contributed by atoms with E-state index in [9.17, 15) is 9.59 Å². The van der Waals surface area contributed by atoms with E-state index in [1.807, 2.05) is 42.5 Å². The number of hydrogen-bond acceptors (Lipinski definition) is 5. The third kappa shape index (κ3) is 5.46. The number of ether oxygens (including phenoxy) is 2. The van der Waals surface area contributed by atoms with Gasteiger partial charge in [0.15, 0.2) is 0 Å². The van der Waals surface area contributed by atoms with E-state index < -0.39 is 5.41 Å². The molecular weight excluding hydrogens is 430 g/mol. The van der Waals surface area contributed by atoms with Crippen LogP contribution in [0.3, 0.4) is 0 Å². The van der Waals surface area contributed by atoms with E-state index in [0.717, 1.165) is 30.4 Å². The molecule has 4 rings (SSSR count). The molecule has 3 aromatic rings. The summed E-state index contributed by atoms with van der Waals surface area (Å²) in [5.41, 5.74) is 4.05. The molecule has 176 valence electrons. The molecule has 0 aromatic heterocycles. The number of esters is 1. The second-order valence-electron chi connectivity index (χ2n) is 8.49. The van der Waals surface area contributed by atoms with Gasteiger partial charge in [0.25, 0.3) is 5.91 Å². The van der Waals surface area contributed by atoms with E-state index in [0.29, 0.717) is 29.9 Å². The van der Waals surface area contributed by atoms with E-state index in [2.05, 4.69) is 5.48 Å². The monoisotopic (exact) mass is 459 g/mol. The van der Waals surface area contributed by atoms with Crippen molar-refractivity contribution in [2.24, 2.45) is 0 Å². The Balaban J connectivity index is 1.44.